The summed E-state index contributed by atoms with van der Waals surface area (Å²) in [5.74, 6) is -0.856. The number of imide groups is 1. The Balaban J connectivity index is 1.35. The monoisotopic (exact) mass is 391 g/mol. The number of carbonyl (C=O) groups excluding carboxylic acids is 2. The Hall–Kier alpha value is -3.04. The zero-order chi connectivity index (χ0) is 20.4. The maximum atomic E-state index is 14.8. The van der Waals surface area contributed by atoms with Gasteiger partial charge in [-0.2, -0.15) is 0 Å². The van der Waals surface area contributed by atoms with Gasteiger partial charge in [-0.3, -0.25) is 19.4 Å². The molecule has 2 aliphatic rings. The molecule has 29 heavy (non-hydrogen) atoms. The average molecular weight is 391 g/mol. The molecule has 0 spiro atoms. The Labute approximate surface area is 169 Å². The molecule has 5 nitrogen and oxygen atoms in total. The Morgan fingerprint density at radius 1 is 0.931 bits per heavy atom. The Morgan fingerprint density at radius 3 is 2.03 bits per heavy atom. The van der Waals surface area contributed by atoms with Gasteiger partial charge in [0.1, 0.15) is 6.17 Å². The summed E-state index contributed by atoms with van der Waals surface area (Å²) in [6.45, 7) is 8.83. The maximum absolute atomic E-state index is 14.8. The third-order valence-corrected chi connectivity index (χ3v) is 5.92. The lowest BCUT2D eigenvalue weighted by molar-refractivity contribution is 0.0575. The predicted molar refractivity (Wildman–Crippen MR) is 107 cm³/mol. The second-order valence-electron chi connectivity index (χ2n) is 7.67. The molecule has 148 valence electrons. The predicted octanol–water partition coefficient (Wildman–Crippen LogP) is 3.53. The van der Waals surface area contributed by atoms with Gasteiger partial charge in [0.15, 0.2) is 0 Å². The van der Waals surface area contributed by atoms with Crippen LogP contribution in [0, 0.1) is 6.57 Å². The van der Waals surface area contributed by atoms with Crippen LogP contribution in [-0.4, -0.2) is 54.0 Å². The number of benzene rings is 2. The minimum Gasteiger partial charge on any atom is -0.305 e. The fraction of sp³-hybridized carbons (Fsp3) is 0.348. The second kappa shape index (κ2) is 7.76. The minimum absolute atomic E-state index is 0.149. The normalized spacial score (nSPS) is 19.7. The lowest BCUT2D eigenvalue weighted by Gasteiger charge is -2.35. The molecule has 2 amide bonds. The molecule has 0 N–H and O–H groups in total. The summed E-state index contributed by atoms with van der Waals surface area (Å²) in [4.78, 5) is 31.7. The van der Waals surface area contributed by atoms with E-state index in [0.29, 0.717) is 37.1 Å². The van der Waals surface area contributed by atoms with Crippen LogP contribution in [0.5, 0.6) is 0 Å². The molecule has 0 saturated carbocycles. The van der Waals surface area contributed by atoms with Crippen molar-refractivity contribution in [2.24, 2.45) is 0 Å². The summed E-state index contributed by atoms with van der Waals surface area (Å²) in [5, 5.41) is 0. The summed E-state index contributed by atoms with van der Waals surface area (Å²) in [7, 11) is 0. The van der Waals surface area contributed by atoms with Gasteiger partial charge in [0, 0.05) is 38.0 Å². The van der Waals surface area contributed by atoms with Crippen LogP contribution in [0.4, 0.5) is 4.39 Å². The van der Waals surface area contributed by atoms with Gasteiger partial charge in [0.25, 0.3) is 17.4 Å². The van der Waals surface area contributed by atoms with Crippen LogP contribution >= 0.6 is 0 Å². The van der Waals surface area contributed by atoms with Crippen molar-refractivity contribution >= 4 is 11.8 Å². The third-order valence-electron chi connectivity index (χ3n) is 5.92. The first kappa shape index (κ1) is 19.3. The summed E-state index contributed by atoms with van der Waals surface area (Å²) < 4.78 is 14.8. The summed E-state index contributed by atoms with van der Waals surface area (Å²) in [6.07, 6.45) is -0.0464. The van der Waals surface area contributed by atoms with E-state index in [9.17, 15) is 14.0 Å². The zero-order valence-corrected chi connectivity index (χ0v) is 16.1. The Bertz CT molecular complexity index is 927. The van der Waals surface area contributed by atoms with Crippen molar-refractivity contribution < 1.29 is 14.0 Å². The number of halogens is 1. The Morgan fingerprint density at radius 2 is 1.48 bits per heavy atom. The van der Waals surface area contributed by atoms with Crippen LogP contribution < -0.4 is 0 Å². The number of piperidine rings is 1. The molecule has 0 radical (unpaired) electrons. The number of hydrogen-bond acceptors (Lipinski definition) is 3. The van der Waals surface area contributed by atoms with E-state index in [4.69, 9.17) is 6.57 Å². The Kier molecular flexibility index (Phi) is 5.16. The molecule has 4 rings (SSSR count). The summed E-state index contributed by atoms with van der Waals surface area (Å²) >= 11 is 0. The van der Waals surface area contributed by atoms with Crippen LogP contribution in [0.3, 0.4) is 0 Å². The highest BCUT2D eigenvalue weighted by Gasteiger charge is 2.43. The molecule has 0 aliphatic carbocycles. The highest BCUT2D eigenvalue weighted by atomic mass is 19.1. The fourth-order valence-corrected chi connectivity index (χ4v) is 4.26. The number of alkyl halides is 1. The minimum atomic E-state index is -1.32. The molecule has 0 aromatic heterocycles. The third kappa shape index (κ3) is 3.54. The van der Waals surface area contributed by atoms with Crippen LogP contribution in [0.1, 0.15) is 39.1 Å². The van der Waals surface area contributed by atoms with Crippen LogP contribution in [0.2, 0.25) is 0 Å². The van der Waals surface area contributed by atoms with Crippen LogP contribution in [0.15, 0.2) is 54.6 Å². The molecule has 6 heteroatoms. The maximum Gasteiger partial charge on any atom is 0.261 e. The van der Waals surface area contributed by atoms with E-state index in [1.54, 1.807) is 24.3 Å². The number of likely N-dealkylation sites (tertiary alicyclic amines) is 1. The number of amides is 2. The van der Waals surface area contributed by atoms with E-state index in [-0.39, 0.29) is 13.1 Å². The fourth-order valence-electron chi connectivity index (χ4n) is 4.26. The number of hydrogen-bond donors (Lipinski definition) is 0. The van der Waals surface area contributed by atoms with E-state index in [2.05, 4.69) is 4.85 Å². The van der Waals surface area contributed by atoms with E-state index >= 15 is 0 Å². The van der Waals surface area contributed by atoms with E-state index in [1.165, 1.54) is 0 Å². The van der Waals surface area contributed by atoms with Gasteiger partial charge in [-0.1, -0.05) is 42.5 Å². The first-order valence-electron chi connectivity index (χ1n) is 9.80. The summed E-state index contributed by atoms with van der Waals surface area (Å²) in [5.41, 5.74) is 1.14. The first-order valence-corrected chi connectivity index (χ1v) is 9.80. The zero-order valence-electron chi connectivity index (χ0n) is 16.1. The molecule has 1 saturated heterocycles. The average Bonchev–Trinajstić information content (AvgIpc) is 3.00. The van der Waals surface area contributed by atoms with Crippen molar-refractivity contribution in [3.8, 4) is 0 Å². The van der Waals surface area contributed by atoms with Gasteiger partial charge in [0.05, 0.1) is 17.7 Å². The van der Waals surface area contributed by atoms with E-state index in [1.807, 2.05) is 35.2 Å². The lowest BCUT2D eigenvalue weighted by Crippen LogP contribution is -2.46. The number of rotatable bonds is 5. The van der Waals surface area contributed by atoms with Crippen LogP contribution in [0.25, 0.3) is 4.85 Å². The van der Waals surface area contributed by atoms with Crippen molar-refractivity contribution in [1.29, 1.82) is 0 Å². The van der Waals surface area contributed by atoms with E-state index < -0.39 is 23.5 Å². The van der Waals surface area contributed by atoms with Gasteiger partial charge < -0.3 is 4.85 Å². The van der Waals surface area contributed by atoms with Gasteiger partial charge in [-0.05, 0) is 12.1 Å². The largest absolute Gasteiger partial charge is 0.305 e. The molecule has 2 aromatic carbocycles. The number of nitrogens with zero attached hydrogens (tertiary/aromatic N) is 3. The highest BCUT2D eigenvalue weighted by Crippen LogP contribution is 2.37. The molecular formula is C23H22FN3O2. The summed E-state index contributed by atoms with van der Waals surface area (Å²) in [6, 6.07) is 16.4. The van der Waals surface area contributed by atoms with Crippen molar-refractivity contribution in [3.05, 3.63) is 82.7 Å². The van der Waals surface area contributed by atoms with Crippen molar-refractivity contribution in [2.75, 3.05) is 26.2 Å². The molecule has 2 aliphatic heterocycles. The van der Waals surface area contributed by atoms with Gasteiger partial charge in [-0.25, -0.2) is 11.0 Å². The van der Waals surface area contributed by atoms with Crippen molar-refractivity contribution in [2.45, 2.75) is 24.6 Å². The molecule has 1 unspecified atom stereocenters. The molecule has 2 heterocycles. The SMILES string of the molecule is [C-]#[N+]C1(c2ccccc2)CCN(CC(F)CN2C(=O)c3ccccc3C2=O)CC1. The number of carbonyl (C=O) groups is 2. The smallest absolute Gasteiger partial charge is 0.261 e. The first-order chi connectivity index (χ1) is 14.0. The quantitative estimate of drug-likeness (QED) is 0.579. The topological polar surface area (TPSA) is 45.0 Å². The molecular weight excluding hydrogens is 369 g/mol. The standard InChI is InChI=1S/C23H22FN3O2/c1-25-23(17-7-3-2-4-8-17)11-13-26(14-12-23)15-18(24)16-27-21(28)19-9-5-6-10-20(19)22(27)29/h2-10,18H,11-16H2. The van der Waals surface area contributed by atoms with Crippen LogP contribution in [-0.2, 0) is 5.54 Å². The van der Waals surface area contributed by atoms with Gasteiger partial charge in [-0.15, -0.1) is 0 Å². The second-order valence-corrected chi connectivity index (χ2v) is 7.67. The van der Waals surface area contributed by atoms with Crippen molar-refractivity contribution in [1.82, 2.24) is 9.80 Å². The number of fused-ring (bicyclic) bond motifs is 1. The molecule has 1 atom stereocenters. The molecule has 1 fully saturated rings. The highest BCUT2D eigenvalue weighted by molar-refractivity contribution is 6.21. The van der Waals surface area contributed by atoms with Gasteiger partial charge in [0.2, 0.25) is 0 Å². The lowest BCUT2D eigenvalue weighted by atomic mass is 9.81. The van der Waals surface area contributed by atoms with E-state index in [0.717, 1.165) is 10.5 Å². The molecule has 0 bridgehead atoms. The molecule has 2 aromatic rings. The van der Waals surface area contributed by atoms with Crippen molar-refractivity contribution in [3.63, 3.8) is 0 Å². The van der Waals surface area contributed by atoms with Gasteiger partial charge >= 0.3 is 0 Å².